The Morgan fingerprint density at radius 1 is 1.41 bits per heavy atom. The third-order valence-corrected chi connectivity index (χ3v) is 2.34. The van der Waals surface area contributed by atoms with Gasteiger partial charge in [0.25, 0.3) is 0 Å². The van der Waals surface area contributed by atoms with Crippen LogP contribution in [-0.4, -0.2) is 18.6 Å². The average molecular weight is 259 g/mol. The van der Waals surface area contributed by atoms with Crippen molar-refractivity contribution in [2.75, 3.05) is 6.61 Å². The highest BCUT2D eigenvalue weighted by atomic mass is 35.5. The highest BCUT2D eigenvalue weighted by molar-refractivity contribution is 5.85. The molecule has 1 aromatic rings. The highest BCUT2D eigenvalue weighted by Crippen LogP contribution is 2.05. The summed E-state index contributed by atoms with van der Waals surface area (Å²) in [5, 5.41) is 0. The second-order valence-electron chi connectivity index (χ2n) is 3.50. The molecule has 0 amide bonds. The molecular weight excluding hydrogens is 240 g/mol. The molecule has 0 saturated heterocycles. The van der Waals surface area contributed by atoms with Gasteiger partial charge < -0.3 is 4.74 Å². The predicted molar refractivity (Wildman–Crippen MR) is 69.8 cm³/mol. The van der Waals surface area contributed by atoms with Gasteiger partial charge in [-0.3, -0.25) is 10.6 Å². The fourth-order valence-corrected chi connectivity index (χ4v) is 1.47. The van der Waals surface area contributed by atoms with Crippen molar-refractivity contribution >= 4 is 18.4 Å². The van der Waals surface area contributed by atoms with E-state index in [1.165, 1.54) is 5.56 Å². The van der Waals surface area contributed by atoms with Crippen LogP contribution in [0.4, 0.5) is 0 Å². The van der Waals surface area contributed by atoms with Crippen LogP contribution >= 0.6 is 12.4 Å². The van der Waals surface area contributed by atoms with Gasteiger partial charge in [0.2, 0.25) is 0 Å². The zero-order valence-corrected chi connectivity index (χ0v) is 10.7. The lowest BCUT2D eigenvalue weighted by Crippen LogP contribution is -2.42. The normalized spacial score (nSPS) is 11.4. The van der Waals surface area contributed by atoms with Crippen LogP contribution in [0.25, 0.3) is 0 Å². The van der Waals surface area contributed by atoms with Crippen molar-refractivity contribution in [3.63, 3.8) is 0 Å². The van der Waals surface area contributed by atoms with Crippen LogP contribution < -0.4 is 11.3 Å². The number of nitrogens with two attached hydrogens (primary N) is 1. The first-order valence-corrected chi connectivity index (χ1v) is 5.44. The summed E-state index contributed by atoms with van der Waals surface area (Å²) in [6, 6.07) is 9.54. The van der Waals surface area contributed by atoms with E-state index in [-0.39, 0.29) is 18.4 Å². The summed E-state index contributed by atoms with van der Waals surface area (Å²) < 4.78 is 4.90. The lowest BCUT2D eigenvalue weighted by molar-refractivity contribution is -0.145. The molecule has 0 heterocycles. The van der Waals surface area contributed by atoms with Gasteiger partial charge in [0.1, 0.15) is 6.04 Å². The van der Waals surface area contributed by atoms with E-state index in [0.717, 1.165) is 6.42 Å². The molecule has 0 unspecified atom stereocenters. The highest BCUT2D eigenvalue weighted by Gasteiger charge is 2.17. The van der Waals surface area contributed by atoms with E-state index < -0.39 is 6.04 Å². The smallest absolute Gasteiger partial charge is 0.324 e. The minimum atomic E-state index is -0.430. The van der Waals surface area contributed by atoms with Crippen LogP contribution in [-0.2, 0) is 16.0 Å². The van der Waals surface area contributed by atoms with Crippen LogP contribution in [0, 0.1) is 0 Å². The number of hydrazine groups is 1. The second kappa shape index (κ2) is 8.98. The number of esters is 1. The molecule has 0 aromatic heterocycles. The Hall–Kier alpha value is -1.10. The van der Waals surface area contributed by atoms with Gasteiger partial charge >= 0.3 is 5.97 Å². The Morgan fingerprint density at radius 3 is 2.59 bits per heavy atom. The summed E-state index contributed by atoms with van der Waals surface area (Å²) in [5.41, 5.74) is 3.67. The van der Waals surface area contributed by atoms with Crippen LogP contribution in [0.2, 0.25) is 0 Å². The largest absolute Gasteiger partial charge is 0.465 e. The van der Waals surface area contributed by atoms with E-state index in [1.54, 1.807) is 6.92 Å². The molecule has 96 valence electrons. The van der Waals surface area contributed by atoms with Crippen molar-refractivity contribution in [1.29, 1.82) is 0 Å². The van der Waals surface area contributed by atoms with Gasteiger partial charge in [-0.2, -0.15) is 0 Å². The topological polar surface area (TPSA) is 64.3 Å². The van der Waals surface area contributed by atoms with Crippen molar-refractivity contribution in [3.8, 4) is 0 Å². The SMILES string of the molecule is CCOC(=O)[C@H](CCc1ccccc1)NN.Cl. The summed E-state index contributed by atoms with van der Waals surface area (Å²) in [5.74, 6) is 5.03. The minimum Gasteiger partial charge on any atom is -0.465 e. The molecule has 17 heavy (non-hydrogen) atoms. The lowest BCUT2D eigenvalue weighted by atomic mass is 10.1. The number of carbonyl (C=O) groups excluding carboxylic acids is 1. The fraction of sp³-hybridized carbons (Fsp3) is 0.417. The Balaban J connectivity index is 0.00000256. The first kappa shape index (κ1) is 15.9. The maximum absolute atomic E-state index is 11.4. The average Bonchev–Trinajstić information content (AvgIpc) is 2.31. The molecule has 0 bridgehead atoms. The molecule has 0 aliphatic carbocycles. The third kappa shape index (κ3) is 5.68. The lowest BCUT2D eigenvalue weighted by Gasteiger charge is -2.13. The maximum atomic E-state index is 11.4. The second-order valence-corrected chi connectivity index (χ2v) is 3.50. The Labute approximate surface area is 108 Å². The Bertz CT molecular complexity index is 320. The van der Waals surface area contributed by atoms with Crippen molar-refractivity contribution in [2.24, 2.45) is 5.84 Å². The van der Waals surface area contributed by atoms with E-state index in [4.69, 9.17) is 10.6 Å². The molecule has 0 fully saturated rings. The minimum absolute atomic E-state index is 0. The summed E-state index contributed by atoms with van der Waals surface area (Å²) in [6.07, 6.45) is 1.44. The number of hydrogen-bond donors (Lipinski definition) is 2. The van der Waals surface area contributed by atoms with Crippen LogP contribution in [0.15, 0.2) is 30.3 Å². The molecule has 1 atom stereocenters. The van der Waals surface area contributed by atoms with Crippen molar-refractivity contribution < 1.29 is 9.53 Å². The number of nitrogens with one attached hydrogen (secondary N) is 1. The molecule has 1 aromatic carbocycles. The molecule has 4 nitrogen and oxygen atoms in total. The summed E-state index contributed by atoms with van der Waals surface area (Å²) in [6.45, 7) is 2.16. The molecule has 0 aliphatic heterocycles. The van der Waals surface area contributed by atoms with Crippen molar-refractivity contribution in [3.05, 3.63) is 35.9 Å². The molecule has 0 spiro atoms. The van der Waals surface area contributed by atoms with Crippen LogP contribution in [0.1, 0.15) is 18.9 Å². The Kier molecular flexibility index (Phi) is 8.40. The number of carbonyl (C=O) groups is 1. The molecule has 5 heteroatoms. The van der Waals surface area contributed by atoms with Crippen LogP contribution in [0.5, 0.6) is 0 Å². The molecule has 0 radical (unpaired) electrons. The van der Waals surface area contributed by atoms with Crippen molar-refractivity contribution in [2.45, 2.75) is 25.8 Å². The summed E-state index contributed by atoms with van der Waals surface area (Å²) >= 11 is 0. The fourth-order valence-electron chi connectivity index (χ4n) is 1.47. The summed E-state index contributed by atoms with van der Waals surface area (Å²) in [7, 11) is 0. The first-order valence-electron chi connectivity index (χ1n) is 5.44. The van der Waals surface area contributed by atoms with E-state index in [1.807, 2.05) is 30.3 Å². The number of aryl methyl sites for hydroxylation is 1. The quantitative estimate of drug-likeness (QED) is 0.460. The molecular formula is C12H19ClN2O2. The molecule has 1 rings (SSSR count). The van der Waals surface area contributed by atoms with E-state index in [2.05, 4.69) is 5.43 Å². The van der Waals surface area contributed by atoms with E-state index >= 15 is 0 Å². The number of benzene rings is 1. The molecule has 0 saturated carbocycles. The number of hydrogen-bond acceptors (Lipinski definition) is 4. The maximum Gasteiger partial charge on any atom is 0.324 e. The van der Waals surface area contributed by atoms with Gasteiger partial charge in [0.15, 0.2) is 0 Å². The van der Waals surface area contributed by atoms with Crippen molar-refractivity contribution in [1.82, 2.24) is 5.43 Å². The molecule has 0 aliphatic rings. The van der Waals surface area contributed by atoms with Gasteiger partial charge in [-0.25, -0.2) is 5.43 Å². The standard InChI is InChI=1S/C12H18N2O2.ClH/c1-2-16-12(15)11(14-13)9-8-10-6-4-3-5-7-10;/h3-7,11,14H,2,8-9,13H2,1H3;1H/t11-;/m0./s1. The molecule has 3 N–H and O–H groups in total. The van der Waals surface area contributed by atoms with Gasteiger partial charge in [-0.1, -0.05) is 30.3 Å². The van der Waals surface area contributed by atoms with E-state index in [9.17, 15) is 4.79 Å². The monoisotopic (exact) mass is 258 g/mol. The van der Waals surface area contributed by atoms with Gasteiger partial charge in [-0.15, -0.1) is 12.4 Å². The van der Waals surface area contributed by atoms with Gasteiger partial charge in [-0.05, 0) is 25.3 Å². The Morgan fingerprint density at radius 2 is 2.06 bits per heavy atom. The number of rotatable bonds is 6. The zero-order chi connectivity index (χ0) is 11.8. The number of halogens is 1. The van der Waals surface area contributed by atoms with E-state index in [0.29, 0.717) is 13.0 Å². The van der Waals surface area contributed by atoms with Crippen LogP contribution in [0.3, 0.4) is 0 Å². The number of ether oxygens (including phenoxy) is 1. The van der Waals surface area contributed by atoms with Gasteiger partial charge in [0.05, 0.1) is 6.61 Å². The third-order valence-electron chi connectivity index (χ3n) is 2.34. The summed E-state index contributed by atoms with van der Waals surface area (Å²) in [4.78, 5) is 11.4. The first-order chi connectivity index (χ1) is 7.77. The van der Waals surface area contributed by atoms with Gasteiger partial charge in [0, 0.05) is 0 Å². The predicted octanol–water partition coefficient (Wildman–Crippen LogP) is 1.44. The zero-order valence-electron chi connectivity index (χ0n) is 9.89.